The van der Waals surface area contributed by atoms with Crippen LogP contribution in [0.25, 0.3) is 0 Å². The molecule has 1 fully saturated rings. The third-order valence-corrected chi connectivity index (χ3v) is 3.33. The quantitative estimate of drug-likeness (QED) is 0.648. The summed E-state index contributed by atoms with van der Waals surface area (Å²) in [5.74, 6) is -0.0114. The lowest BCUT2D eigenvalue weighted by molar-refractivity contribution is -0.138. The van der Waals surface area contributed by atoms with E-state index in [0.717, 1.165) is 12.2 Å². The Morgan fingerprint density at radius 3 is 2.91 bits per heavy atom. The topological polar surface area (TPSA) is 63.3 Å². The van der Waals surface area contributed by atoms with Crippen LogP contribution in [0.3, 0.4) is 0 Å². The molecule has 0 aromatic rings. The first-order chi connectivity index (χ1) is 5.02. The molecule has 2 unspecified atom stereocenters. The van der Waals surface area contributed by atoms with Crippen LogP contribution in [-0.4, -0.2) is 27.6 Å². The van der Waals surface area contributed by atoms with Gasteiger partial charge in [-0.1, -0.05) is 6.92 Å². The molecular formula is C7H13NO2S. The Bertz CT molecular complexity index is 174. The molecule has 3 nitrogen and oxygen atoms in total. The van der Waals surface area contributed by atoms with Crippen molar-refractivity contribution in [2.75, 3.05) is 5.75 Å². The summed E-state index contributed by atoms with van der Waals surface area (Å²) in [6, 6.07) is 0. The van der Waals surface area contributed by atoms with Gasteiger partial charge in [0.25, 0.3) is 0 Å². The predicted octanol–water partition coefficient (Wildman–Crippen LogP) is 0.684. The summed E-state index contributed by atoms with van der Waals surface area (Å²) in [5.41, 5.74) is 5.40. The molecule has 1 aliphatic rings. The number of carboxylic acids is 1. The van der Waals surface area contributed by atoms with Gasteiger partial charge >= 0.3 is 5.97 Å². The van der Waals surface area contributed by atoms with E-state index < -0.39 is 11.5 Å². The van der Waals surface area contributed by atoms with Crippen LogP contribution in [0, 0.1) is 0 Å². The predicted molar refractivity (Wildman–Crippen MR) is 45.7 cm³/mol. The van der Waals surface area contributed by atoms with Crippen molar-refractivity contribution in [1.29, 1.82) is 0 Å². The zero-order chi connectivity index (χ0) is 8.48. The fourth-order valence-corrected chi connectivity index (χ4v) is 2.71. The standard InChI is InChI=1S/C7H13NO2S/c1-5-2-7(8,4-11-5)3-6(9)10/h5H,2-4,8H2,1H3,(H,9,10). The Labute approximate surface area is 70.3 Å². The molecule has 1 heterocycles. The monoisotopic (exact) mass is 175 g/mol. The number of nitrogens with two attached hydrogens (primary N) is 1. The molecule has 3 N–H and O–H groups in total. The molecule has 1 rings (SSSR count). The Balaban J connectivity index is 2.48. The number of carboxylic acid groups (broad SMARTS) is 1. The molecule has 64 valence electrons. The zero-order valence-corrected chi connectivity index (χ0v) is 7.36. The summed E-state index contributed by atoms with van der Waals surface area (Å²) < 4.78 is 0. The van der Waals surface area contributed by atoms with E-state index in [1.807, 2.05) is 0 Å². The molecule has 0 amide bonds. The minimum atomic E-state index is -0.790. The van der Waals surface area contributed by atoms with E-state index >= 15 is 0 Å². The van der Waals surface area contributed by atoms with Gasteiger partial charge in [0.15, 0.2) is 0 Å². The molecule has 11 heavy (non-hydrogen) atoms. The smallest absolute Gasteiger partial charge is 0.305 e. The van der Waals surface area contributed by atoms with Crippen molar-refractivity contribution in [3.8, 4) is 0 Å². The van der Waals surface area contributed by atoms with Crippen molar-refractivity contribution < 1.29 is 9.90 Å². The van der Waals surface area contributed by atoms with E-state index in [1.165, 1.54) is 0 Å². The largest absolute Gasteiger partial charge is 0.481 e. The summed E-state index contributed by atoms with van der Waals surface area (Å²) in [4.78, 5) is 10.4. The first-order valence-corrected chi connectivity index (χ1v) is 4.69. The second-order valence-corrected chi connectivity index (χ2v) is 4.69. The van der Waals surface area contributed by atoms with Gasteiger partial charge in [-0.05, 0) is 6.42 Å². The van der Waals surface area contributed by atoms with Crippen LogP contribution < -0.4 is 5.73 Å². The van der Waals surface area contributed by atoms with Crippen molar-refractivity contribution in [2.24, 2.45) is 5.73 Å². The number of carbonyl (C=O) groups is 1. The van der Waals surface area contributed by atoms with Gasteiger partial charge in [-0.15, -0.1) is 0 Å². The second kappa shape index (κ2) is 3.03. The third kappa shape index (κ3) is 2.38. The molecular weight excluding hydrogens is 162 g/mol. The van der Waals surface area contributed by atoms with E-state index in [2.05, 4.69) is 6.92 Å². The van der Waals surface area contributed by atoms with Crippen molar-refractivity contribution in [3.63, 3.8) is 0 Å². The molecule has 0 aliphatic carbocycles. The summed E-state index contributed by atoms with van der Waals surface area (Å²) in [7, 11) is 0. The van der Waals surface area contributed by atoms with Crippen LogP contribution in [0.4, 0.5) is 0 Å². The van der Waals surface area contributed by atoms with Crippen molar-refractivity contribution >= 4 is 17.7 Å². The van der Waals surface area contributed by atoms with Gasteiger partial charge in [0.1, 0.15) is 0 Å². The second-order valence-electron chi connectivity index (χ2n) is 3.26. The lowest BCUT2D eigenvalue weighted by Gasteiger charge is -2.19. The minimum absolute atomic E-state index is 0.102. The van der Waals surface area contributed by atoms with Crippen LogP contribution >= 0.6 is 11.8 Å². The molecule has 0 radical (unpaired) electrons. The highest BCUT2D eigenvalue weighted by molar-refractivity contribution is 8.00. The van der Waals surface area contributed by atoms with E-state index in [1.54, 1.807) is 11.8 Å². The average Bonchev–Trinajstić information content (AvgIpc) is 2.08. The van der Waals surface area contributed by atoms with Gasteiger partial charge in [-0.25, -0.2) is 0 Å². The number of thioether (sulfide) groups is 1. The zero-order valence-electron chi connectivity index (χ0n) is 6.54. The molecule has 1 aliphatic heterocycles. The maximum Gasteiger partial charge on any atom is 0.305 e. The van der Waals surface area contributed by atoms with Crippen LogP contribution in [-0.2, 0) is 4.79 Å². The van der Waals surface area contributed by atoms with Gasteiger partial charge in [0, 0.05) is 16.5 Å². The Hall–Kier alpha value is -0.220. The van der Waals surface area contributed by atoms with Crippen LogP contribution in [0.5, 0.6) is 0 Å². The fourth-order valence-electron chi connectivity index (χ4n) is 1.42. The van der Waals surface area contributed by atoms with E-state index in [-0.39, 0.29) is 6.42 Å². The maximum absolute atomic E-state index is 10.4. The lowest BCUT2D eigenvalue weighted by atomic mass is 9.94. The van der Waals surface area contributed by atoms with E-state index in [0.29, 0.717) is 5.25 Å². The van der Waals surface area contributed by atoms with Gasteiger partial charge < -0.3 is 10.8 Å². The molecule has 0 aromatic heterocycles. The van der Waals surface area contributed by atoms with Crippen LogP contribution in [0.2, 0.25) is 0 Å². The highest BCUT2D eigenvalue weighted by Gasteiger charge is 2.35. The van der Waals surface area contributed by atoms with E-state index in [4.69, 9.17) is 10.8 Å². The van der Waals surface area contributed by atoms with Gasteiger partial charge in [-0.3, -0.25) is 4.79 Å². The first kappa shape index (κ1) is 8.87. The lowest BCUT2D eigenvalue weighted by Crippen LogP contribution is -2.42. The summed E-state index contributed by atoms with van der Waals surface area (Å²) >= 11 is 1.76. The molecule has 0 aromatic carbocycles. The molecule has 2 atom stereocenters. The minimum Gasteiger partial charge on any atom is -0.481 e. The third-order valence-electron chi connectivity index (χ3n) is 1.85. The number of hydrogen-bond acceptors (Lipinski definition) is 3. The number of aliphatic carboxylic acids is 1. The summed E-state index contributed by atoms with van der Waals surface area (Å²) in [6.45, 7) is 2.08. The van der Waals surface area contributed by atoms with Gasteiger partial charge in [0.2, 0.25) is 0 Å². The molecule has 1 saturated heterocycles. The van der Waals surface area contributed by atoms with Crippen LogP contribution in [0.15, 0.2) is 0 Å². The maximum atomic E-state index is 10.4. The summed E-state index contributed by atoms with van der Waals surface area (Å²) in [6.07, 6.45) is 0.925. The van der Waals surface area contributed by atoms with Crippen molar-refractivity contribution in [3.05, 3.63) is 0 Å². The number of rotatable bonds is 2. The normalized spacial score (nSPS) is 37.5. The van der Waals surface area contributed by atoms with Gasteiger partial charge in [0.05, 0.1) is 6.42 Å². The highest BCUT2D eigenvalue weighted by Crippen LogP contribution is 2.34. The molecule has 0 spiro atoms. The molecule has 4 heteroatoms. The summed E-state index contributed by atoms with van der Waals surface area (Å²) in [5, 5.41) is 9.05. The van der Waals surface area contributed by atoms with Crippen LogP contribution in [0.1, 0.15) is 19.8 Å². The fraction of sp³-hybridized carbons (Fsp3) is 0.857. The molecule has 0 bridgehead atoms. The SMILES string of the molecule is CC1CC(N)(CC(=O)O)CS1. The first-order valence-electron chi connectivity index (χ1n) is 3.64. The van der Waals surface area contributed by atoms with Crippen molar-refractivity contribution in [2.45, 2.75) is 30.6 Å². The molecule has 0 saturated carbocycles. The number of hydrogen-bond donors (Lipinski definition) is 2. The van der Waals surface area contributed by atoms with Gasteiger partial charge in [-0.2, -0.15) is 11.8 Å². The average molecular weight is 175 g/mol. The Morgan fingerprint density at radius 1 is 1.91 bits per heavy atom. The Morgan fingerprint density at radius 2 is 2.55 bits per heavy atom. The Kier molecular flexibility index (Phi) is 2.44. The van der Waals surface area contributed by atoms with E-state index in [9.17, 15) is 4.79 Å². The highest BCUT2D eigenvalue weighted by atomic mass is 32.2. The van der Waals surface area contributed by atoms with Crippen molar-refractivity contribution in [1.82, 2.24) is 0 Å².